The van der Waals surface area contributed by atoms with Gasteiger partial charge in [-0.2, -0.15) is 5.10 Å². The van der Waals surface area contributed by atoms with Gasteiger partial charge in [0.25, 0.3) is 5.91 Å². The summed E-state index contributed by atoms with van der Waals surface area (Å²) in [5, 5.41) is 16.2. The molecule has 1 aromatic carbocycles. The lowest BCUT2D eigenvalue weighted by molar-refractivity contribution is -0.144. The van der Waals surface area contributed by atoms with Crippen LogP contribution in [0.15, 0.2) is 30.5 Å². The van der Waals surface area contributed by atoms with E-state index in [9.17, 15) is 19.1 Å². The Bertz CT molecular complexity index is 831. The number of nitrogens with one attached hydrogen (secondary N) is 1. The number of carbonyl (C=O) groups excluding carboxylic acids is 1. The van der Waals surface area contributed by atoms with Crippen molar-refractivity contribution in [1.29, 1.82) is 0 Å². The summed E-state index contributed by atoms with van der Waals surface area (Å²) in [6, 6.07) is 5.18. The molecule has 0 bridgehead atoms. The van der Waals surface area contributed by atoms with E-state index in [-0.39, 0.29) is 18.3 Å². The molecule has 1 amide bonds. The quantitative estimate of drug-likeness (QED) is 0.748. The number of carboxylic acid groups (broad SMARTS) is 1. The van der Waals surface area contributed by atoms with Crippen molar-refractivity contribution in [3.8, 4) is 5.75 Å². The molecule has 1 unspecified atom stereocenters. The lowest BCUT2D eigenvalue weighted by Crippen LogP contribution is -2.40. The lowest BCUT2D eigenvalue weighted by Gasteiger charge is -2.23. The number of ether oxygens (including phenoxy) is 2. The van der Waals surface area contributed by atoms with E-state index in [1.165, 1.54) is 30.5 Å². The number of rotatable bonds is 7. The molecule has 1 fully saturated rings. The van der Waals surface area contributed by atoms with E-state index in [1.54, 1.807) is 6.92 Å². The summed E-state index contributed by atoms with van der Waals surface area (Å²) >= 11 is 0. The van der Waals surface area contributed by atoms with Crippen LogP contribution in [0.4, 0.5) is 4.39 Å². The molecule has 8 nitrogen and oxygen atoms in total. The van der Waals surface area contributed by atoms with E-state index >= 15 is 0 Å². The topological polar surface area (TPSA) is 103 Å². The van der Waals surface area contributed by atoms with Gasteiger partial charge in [-0.25, -0.2) is 9.18 Å². The van der Waals surface area contributed by atoms with Gasteiger partial charge in [0.15, 0.2) is 0 Å². The first kappa shape index (κ1) is 19.8. The summed E-state index contributed by atoms with van der Waals surface area (Å²) in [5.41, 5.74) is 1.10. The highest BCUT2D eigenvalue weighted by molar-refractivity contribution is 5.95. The Hall–Kier alpha value is -2.94. The minimum absolute atomic E-state index is 0.184. The predicted molar refractivity (Wildman–Crippen MR) is 96.8 cm³/mol. The normalized spacial score (nSPS) is 15.8. The fourth-order valence-corrected chi connectivity index (χ4v) is 3.08. The maximum absolute atomic E-state index is 13.0. The van der Waals surface area contributed by atoms with Crippen molar-refractivity contribution in [2.45, 2.75) is 31.9 Å². The number of hydrogen-bond donors (Lipinski definition) is 2. The molecule has 1 saturated heterocycles. The molecule has 1 aromatic heterocycles. The second kappa shape index (κ2) is 8.83. The standard InChI is InChI=1S/C19H22FN3O5/c1-12-16(10-22-23(12)14-6-8-27-9-7-14)18(24)21-11-17(19(25)26)28-15-4-2-13(20)3-5-15/h2-5,10,14,17H,6-9,11H2,1H3,(H,21,24)(H,25,26). The van der Waals surface area contributed by atoms with Crippen molar-refractivity contribution < 1.29 is 28.6 Å². The van der Waals surface area contributed by atoms with Crippen molar-refractivity contribution in [3.05, 3.63) is 47.5 Å². The van der Waals surface area contributed by atoms with Crippen LogP contribution in [0, 0.1) is 12.7 Å². The Labute approximate surface area is 161 Å². The van der Waals surface area contributed by atoms with Crippen LogP contribution in [0.5, 0.6) is 5.75 Å². The average Bonchev–Trinajstić information content (AvgIpc) is 3.08. The van der Waals surface area contributed by atoms with Gasteiger partial charge in [0, 0.05) is 18.9 Å². The van der Waals surface area contributed by atoms with Gasteiger partial charge in [-0.3, -0.25) is 9.48 Å². The Balaban J connectivity index is 1.62. The first-order valence-corrected chi connectivity index (χ1v) is 9.01. The summed E-state index contributed by atoms with van der Waals surface area (Å²) in [6.45, 7) is 2.88. The second-order valence-corrected chi connectivity index (χ2v) is 6.54. The molecule has 3 rings (SSSR count). The third-order valence-electron chi connectivity index (χ3n) is 4.64. The number of nitrogens with zero attached hydrogens (tertiary/aromatic N) is 2. The summed E-state index contributed by atoms with van der Waals surface area (Å²) in [4.78, 5) is 23.9. The van der Waals surface area contributed by atoms with Crippen molar-refractivity contribution in [1.82, 2.24) is 15.1 Å². The number of carbonyl (C=O) groups is 2. The molecule has 1 aliphatic rings. The van der Waals surface area contributed by atoms with E-state index in [0.717, 1.165) is 18.5 Å². The molecule has 0 aliphatic carbocycles. The minimum Gasteiger partial charge on any atom is -0.478 e. The molecule has 2 aromatic rings. The van der Waals surface area contributed by atoms with Crippen LogP contribution in [0.3, 0.4) is 0 Å². The van der Waals surface area contributed by atoms with Crippen molar-refractivity contribution in [2.24, 2.45) is 0 Å². The van der Waals surface area contributed by atoms with E-state index in [2.05, 4.69) is 10.4 Å². The van der Waals surface area contributed by atoms with Crippen LogP contribution in [-0.4, -0.2) is 52.6 Å². The van der Waals surface area contributed by atoms with Gasteiger partial charge in [-0.15, -0.1) is 0 Å². The molecular formula is C19H22FN3O5. The van der Waals surface area contributed by atoms with Gasteiger partial charge in [0.1, 0.15) is 11.6 Å². The Morgan fingerprint density at radius 2 is 2.04 bits per heavy atom. The van der Waals surface area contributed by atoms with Crippen molar-refractivity contribution in [2.75, 3.05) is 19.8 Å². The molecule has 0 saturated carbocycles. The van der Waals surface area contributed by atoms with Crippen LogP contribution in [-0.2, 0) is 9.53 Å². The molecule has 0 radical (unpaired) electrons. The van der Waals surface area contributed by atoms with Crippen molar-refractivity contribution >= 4 is 11.9 Å². The summed E-state index contributed by atoms with van der Waals surface area (Å²) in [7, 11) is 0. The number of carboxylic acids is 1. The lowest BCUT2D eigenvalue weighted by atomic mass is 10.1. The Kier molecular flexibility index (Phi) is 6.25. The van der Waals surface area contributed by atoms with E-state index < -0.39 is 23.8 Å². The van der Waals surface area contributed by atoms with Gasteiger partial charge in [-0.05, 0) is 44.0 Å². The molecule has 2 heterocycles. The number of benzene rings is 1. The monoisotopic (exact) mass is 391 g/mol. The number of aliphatic carboxylic acids is 1. The SMILES string of the molecule is Cc1c(C(=O)NCC(Oc2ccc(F)cc2)C(=O)O)cnn1C1CCOCC1. The van der Waals surface area contributed by atoms with Crippen molar-refractivity contribution in [3.63, 3.8) is 0 Å². The molecule has 28 heavy (non-hydrogen) atoms. The molecule has 1 aliphatic heterocycles. The minimum atomic E-state index is -1.31. The summed E-state index contributed by atoms with van der Waals surface area (Å²) in [5.74, 6) is -1.92. The van der Waals surface area contributed by atoms with E-state index in [0.29, 0.717) is 18.8 Å². The number of halogens is 1. The molecule has 150 valence electrons. The van der Waals surface area contributed by atoms with Gasteiger partial charge < -0.3 is 19.9 Å². The van der Waals surface area contributed by atoms with Gasteiger partial charge in [0.05, 0.1) is 24.3 Å². The Morgan fingerprint density at radius 1 is 1.36 bits per heavy atom. The van der Waals surface area contributed by atoms with E-state index in [4.69, 9.17) is 9.47 Å². The zero-order chi connectivity index (χ0) is 20.1. The third-order valence-corrected chi connectivity index (χ3v) is 4.64. The predicted octanol–water partition coefficient (Wildman–Crippen LogP) is 1.94. The smallest absolute Gasteiger partial charge is 0.346 e. The van der Waals surface area contributed by atoms with Crippen LogP contribution >= 0.6 is 0 Å². The fraction of sp³-hybridized carbons (Fsp3) is 0.421. The van der Waals surface area contributed by atoms with Gasteiger partial charge in [0.2, 0.25) is 6.10 Å². The first-order valence-electron chi connectivity index (χ1n) is 9.01. The fourth-order valence-electron chi connectivity index (χ4n) is 3.08. The number of hydrogen-bond acceptors (Lipinski definition) is 5. The van der Waals surface area contributed by atoms with Crippen LogP contribution in [0.2, 0.25) is 0 Å². The summed E-state index contributed by atoms with van der Waals surface area (Å²) < 4.78 is 25.5. The number of aromatic nitrogens is 2. The highest BCUT2D eigenvalue weighted by Crippen LogP contribution is 2.23. The molecule has 2 N–H and O–H groups in total. The van der Waals surface area contributed by atoms with Gasteiger partial charge >= 0.3 is 5.97 Å². The largest absolute Gasteiger partial charge is 0.478 e. The zero-order valence-electron chi connectivity index (χ0n) is 15.4. The first-order chi connectivity index (χ1) is 13.5. The van der Waals surface area contributed by atoms with Crippen LogP contribution in [0.1, 0.15) is 34.9 Å². The Morgan fingerprint density at radius 3 is 2.68 bits per heavy atom. The second-order valence-electron chi connectivity index (χ2n) is 6.54. The van der Waals surface area contributed by atoms with Gasteiger partial charge in [-0.1, -0.05) is 0 Å². The molecule has 9 heteroatoms. The molecular weight excluding hydrogens is 369 g/mol. The third kappa shape index (κ3) is 4.66. The maximum Gasteiger partial charge on any atom is 0.346 e. The van der Waals surface area contributed by atoms with Crippen LogP contribution in [0.25, 0.3) is 0 Å². The molecule has 1 atom stereocenters. The molecule has 0 spiro atoms. The highest BCUT2D eigenvalue weighted by atomic mass is 19.1. The van der Waals surface area contributed by atoms with E-state index in [1.807, 2.05) is 4.68 Å². The zero-order valence-corrected chi connectivity index (χ0v) is 15.4. The van der Waals surface area contributed by atoms with Crippen LogP contribution < -0.4 is 10.1 Å². The highest BCUT2D eigenvalue weighted by Gasteiger charge is 2.24. The average molecular weight is 391 g/mol. The summed E-state index contributed by atoms with van der Waals surface area (Å²) in [6.07, 6.45) is 1.84. The maximum atomic E-state index is 13.0. The number of amides is 1.